The number of nitriles is 1. The molecule has 1 aromatic carbocycles. The third kappa shape index (κ3) is 1.91. The van der Waals surface area contributed by atoms with Crippen LogP contribution in [0.2, 0.25) is 5.02 Å². The van der Waals surface area contributed by atoms with Gasteiger partial charge in [0.2, 0.25) is 0 Å². The van der Waals surface area contributed by atoms with Crippen molar-refractivity contribution in [2.75, 3.05) is 5.73 Å². The molecule has 0 bridgehead atoms. The van der Waals surface area contributed by atoms with Crippen molar-refractivity contribution in [2.24, 2.45) is 0 Å². The number of halogens is 4. The first-order valence-corrected chi connectivity index (χ1v) is 3.80. The highest BCUT2D eigenvalue weighted by Gasteiger charge is 2.33. The minimum atomic E-state index is -4.55. The summed E-state index contributed by atoms with van der Waals surface area (Å²) in [6, 6.07) is 3.19. The number of nitrogen functional groups attached to an aromatic ring is 1. The SMILES string of the molecule is N#Cc1cc(N)c(C(F)(F)F)cc1Cl. The summed E-state index contributed by atoms with van der Waals surface area (Å²) in [5.41, 5.74) is 3.52. The maximum atomic E-state index is 12.2. The van der Waals surface area contributed by atoms with Gasteiger partial charge in [-0.05, 0) is 12.1 Å². The number of nitrogens with two attached hydrogens (primary N) is 1. The maximum Gasteiger partial charge on any atom is 0.418 e. The lowest BCUT2D eigenvalue weighted by Gasteiger charge is -2.10. The Morgan fingerprint density at radius 1 is 1.36 bits per heavy atom. The van der Waals surface area contributed by atoms with Crippen molar-refractivity contribution >= 4 is 17.3 Å². The van der Waals surface area contributed by atoms with Crippen LogP contribution in [-0.4, -0.2) is 0 Å². The van der Waals surface area contributed by atoms with Crippen molar-refractivity contribution in [3.63, 3.8) is 0 Å². The Labute approximate surface area is 82.7 Å². The van der Waals surface area contributed by atoms with Gasteiger partial charge in [-0.1, -0.05) is 11.6 Å². The Hall–Kier alpha value is -1.41. The van der Waals surface area contributed by atoms with E-state index < -0.39 is 17.4 Å². The normalized spacial score (nSPS) is 11.1. The molecule has 0 heterocycles. The third-order valence-electron chi connectivity index (χ3n) is 1.57. The van der Waals surface area contributed by atoms with E-state index in [0.29, 0.717) is 6.07 Å². The van der Waals surface area contributed by atoms with Crippen LogP contribution < -0.4 is 5.73 Å². The lowest BCUT2D eigenvalue weighted by molar-refractivity contribution is -0.136. The van der Waals surface area contributed by atoms with Crippen molar-refractivity contribution in [3.8, 4) is 6.07 Å². The molecule has 0 spiro atoms. The van der Waals surface area contributed by atoms with Crippen LogP contribution in [0.5, 0.6) is 0 Å². The number of hydrogen-bond acceptors (Lipinski definition) is 2. The largest absolute Gasteiger partial charge is 0.418 e. The first-order chi connectivity index (χ1) is 6.36. The maximum absolute atomic E-state index is 12.2. The van der Waals surface area contributed by atoms with Crippen molar-refractivity contribution in [2.45, 2.75) is 6.18 Å². The number of benzene rings is 1. The summed E-state index contributed by atoms with van der Waals surface area (Å²) < 4.78 is 36.7. The highest BCUT2D eigenvalue weighted by molar-refractivity contribution is 6.31. The van der Waals surface area contributed by atoms with E-state index in [0.717, 1.165) is 6.07 Å². The topological polar surface area (TPSA) is 49.8 Å². The molecule has 1 rings (SSSR count). The van der Waals surface area contributed by atoms with Crippen LogP contribution in [0.4, 0.5) is 18.9 Å². The molecule has 0 aliphatic rings. The zero-order valence-corrected chi connectivity index (χ0v) is 7.45. The van der Waals surface area contributed by atoms with Gasteiger partial charge in [0.15, 0.2) is 0 Å². The van der Waals surface area contributed by atoms with E-state index in [9.17, 15) is 13.2 Å². The number of anilines is 1. The first-order valence-electron chi connectivity index (χ1n) is 3.42. The summed E-state index contributed by atoms with van der Waals surface area (Å²) in [6.07, 6.45) is -4.55. The summed E-state index contributed by atoms with van der Waals surface area (Å²) >= 11 is 5.43. The van der Waals surface area contributed by atoms with Crippen LogP contribution in [0.25, 0.3) is 0 Å². The van der Waals surface area contributed by atoms with Crippen molar-refractivity contribution in [1.29, 1.82) is 5.26 Å². The van der Waals surface area contributed by atoms with Crippen LogP contribution >= 0.6 is 11.6 Å². The number of rotatable bonds is 0. The highest BCUT2D eigenvalue weighted by atomic mass is 35.5. The van der Waals surface area contributed by atoms with E-state index >= 15 is 0 Å². The molecule has 0 aliphatic carbocycles. The zero-order valence-electron chi connectivity index (χ0n) is 6.69. The molecule has 0 saturated heterocycles. The molecule has 0 radical (unpaired) electrons. The van der Waals surface area contributed by atoms with Gasteiger partial charge in [-0.15, -0.1) is 0 Å². The van der Waals surface area contributed by atoms with Crippen LogP contribution in [0.3, 0.4) is 0 Å². The van der Waals surface area contributed by atoms with E-state index in [-0.39, 0.29) is 10.6 Å². The summed E-state index contributed by atoms with van der Waals surface area (Å²) in [4.78, 5) is 0. The number of alkyl halides is 3. The molecule has 2 N–H and O–H groups in total. The Kier molecular flexibility index (Phi) is 2.58. The third-order valence-corrected chi connectivity index (χ3v) is 1.88. The fourth-order valence-corrected chi connectivity index (χ4v) is 1.13. The molecule has 0 atom stereocenters. The van der Waals surface area contributed by atoms with Crippen molar-refractivity contribution < 1.29 is 13.2 Å². The highest BCUT2D eigenvalue weighted by Crippen LogP contribution is 2.36. The standard InChI is InChI=1S/C8H4ClF3N2/c9-6-2-5(8(10,11)12)7(14)1-4(6)3-13/h1-2H,14H2. The Bertz CT molecular complexity index is 406. The van der Waals surface area contributed by atoms with E-state index in [1.165, 1.54) is 0 Å². The van der Waals surface area contributed by atoms with Gasteiger partial charge in [-0.2, -0.15) is 18.4 Å². The monoisotopic (exact) mass is 220 g/mol. The van der Waals surface area contributed by atoms with Crippen molar-refractivity contribution in [3.05, 3.63) is 28.3 Å². The quantitative estimate of drug-likeness (QED) is 0.684. The van der Waals surface area contributed by atoms with Gasteiger partial charge >= 0.3 is 6.18 Å². The van der Waals surface area contributed by atoms with Gasteiger partial charge in [0.1, 0.15) is 6.07 Å². The molecule has 6 heteroatoms. The second-order valence-corrected chi connectivity index (χ2v) is 2.94. The predicted octanol–water partition coefficient (Wildman–Crippen LogP) is 2.81. The average Bonchev–Trinajstić information content (AvgIpc) is 2.06. The fraction of sp³-hybridized carbons (Fsp3) is 0.125. The van der Waals surface area contributed by atoms with Crippen LogP contribution in [0.1, 0.15) is 11.1 Å². The predicted molar refractivity (Wildman–Crippen MR) is 45.6 cm³/mol. The van der Waals surface area contributed by atoms with Gasteiger partial charge < -0.3 is 5.73 Å². The summed E-state index contributed by atoms with van der Waals surface area (Å²) in [5, 5.41) is 8.21. The number of nitrogens with zero attached hydrogens (tertiary/aromatic N) is 1. The molecule has 0 fully saturated rings. The minimum absolute atomic E-state index is 0.0721. The lowest BCUT2D eigenvalue weighted by atomic mass is 10.1. The van der Waals surface area contributed by atoms with E-state index in [1.807, 2.05) is 0 Å². The van der Waals surface area contributed by atoms with Gasteiger partial charge in [-0.25, -0.2) is 0 Å². The smallest absolute Gasteiger partial charge is 0.398 e. The second kappa shape index (κ2) is 3.39. The summed E-state index contributed by atoms with van der Waals surface area (Å²) in [7, 11) is 0. The lowest BCUT2D eigenvalue weighted by Crippen LogP contribution is -2.09. The first kappa shape index (κ1) is 10.7. The van der Waals surface area contributed by atoms with Gasteiger partial charge in [0.05, 0.1) is 16.1 Å². The molecule has 2 nitrogen and oxygen atoms in total. The molecule has 14 heavy (non-hydrogen) atoms. The number of hydrogen-bond donors (Lipinski definition) is 1. The molecule has 0 aromatic heterocycles. The van der Waals surface area contributed by atoms with E-state index in [1.54, 1.807) is 6.07 Å². The second-order valence-electron chi connectivity index (χ2n) is 2.53. The molecule has 74 valence electrons. The zero-order chi connectivity index (χ0) is 10.9. The van der Waals surface area contributed by atoms with Crippen LogP contribution in [0, 0.1) is 11.3 Å². The molecular weight excluding hydrogens is 217 g/mol. The fourth-order valence-electron chi connectivity index (χ4n) is 0.921. The Balaban J connectivity index is 3.38. The van der Waals surface area contributed by atoms with E-state index in [2.05, 4.69) is 0 Å². The van der Waals surface area contributed by atoms with Gasteiger partial charge in [-0.3, -0.25) is 0 Å². The average molecular weight is 221 g/mol. The molecular formula is C8H4ClF3N2. The van der Waals surface area contributed by atoms with Crippen LogP contribution in [-0.2, 0) is 6.18 Å². The van der Waals surface area contributed by atoms with Crippen molar-refractivity contribution in [1.82, 2.24) is 0 Å². The van der Waals surface area contributed by atoms with Gasteiger partial charge in [0.25, 0.3) is 0 Å². The molecule has 1 aromatic rings. The Morgan fingerprint density at radius 3 is 2.36 bits per heavy atom. The molecule has 0 amide bonds. The van der Waals surface area contributed by atoms with Crippen LogP contribution in [0.15, 0.2) is 12.1 Å². The minimum Gasteiger partial charge on any atom is -0.398 e. The van der Waals surface area contributed by atoms with Gasteiger partial charge in [0, 0.05) is 5.69 Å². The molecule has 0 unspecified atom stereocenters. The Morgan fingerprint density at radius 2 is 1.93 bits per heavy atom. The van der Waals surface area contributed by atoms with E-state index in [4.69, 9.17) is 22.6 Å². The summed E-state index contributed by atoms with van der Waals surface area (Å²) in [6.45, 7) is 0. The summed E-state index contributed by atoms with van der Waals surface area (Å²) in [5.74, 6) is 0. The molecule has 0 aliphatic heterocycles. The molecule has 0 saturated carbocycles.